The number of non-ortho nitro benzene ring substituents is 1. The number of nitro benzene ring substituents is 1. The minimum atomic E-state index is -0.605. The maximum Gasteiger partial charge on any atom is 0.271 e. The fraction of sp³-hybridized carbons (Fsp3) is 0.174. The van der Waals surface area contributed by atoms with Crippen LogP contribution in [0.1, 0.15) is 6.92 Å². The highest BCUT2D eigenvalue weighted by Gasteiger charge is 2.17. The van der Waals surface area contributed by atoms with Crippen LogP contribution in [0.25, 0.3) is 0 Å². The van der Waals surface area contributed by atoms with E-state index >= 15 is 0 Å². The van der Waals surface area contributed by atoms with E-state index in [-0.39, 0.29) is 17.3 Å². The number of hydrogen-bond donors (Lipinski definition) is 3. The second kappa shape index (κ2) is 10.2. The maximum atomic E-state index is 12.6. The first-order chi connectivity index (χ1) is 15.4. The SMILES string of the molecule is COc1ccc([N+](=O)[O-])cc1NC(=O)[C@@H](C)Nc1ccc(Nc2ccccc2OC)cc1. The number of nitrogens with zero attached hydrogens (tertiary/aromatic N) is 1. The standard InChI is InChI=1S/C23H24N4O5/c1-15(23(28)26-20-14-18(27(29)30)12-13-22(20)32-3)24-16-8-10-17(11-9-16)25-19-6-4-5-7-21(19)31-2/h4-15,24-25H,1-3H3,(H,26,28)/t15-/m1/s1. The van der Waals surface area contributed by atoms with Gasteiger partial charge in [-0.2, -0.15) is 0 Å². The van der Waals surface area contributed by atoms with Gasteiger partial charge in [-0.1, -0.05) is 12.1 Å². The van der Waals surface area contributed by atoms with Crippen molar-refractivity contribution in [1.29, 1.82) is 0 Å². The summed E-state index contributed by atoms with van der Waals surface area (Å²) in [7, 11) is 3.04. The van der Waals surface area contributed by atoms with Crippen LogP contribution in [0.3, 0.4) is 0 Å². The number of methoxy groups -OCH3 is 2. The van der Waals surface area contributed by atoms with Gasteiger partial charge in [-0.15, -0.1) is 0 Å². The topological polar surface area (TPSA) is 115 Å². The van der Waals surface area contributed by atoms with E-state index in [1.807, 2.05) is 48.5 Å². The van der Waals surface area contributed by atoms with Crippen molar-refractivity contribution in [3.8, 4) is 11.5 Å². The summed E-state index contributed by atoms with van der Waals surface area (Å²) in [5.41, 5.74) is 2.54. The number of nitrogens with one attached hydrogen (secondary N) is 3. The van der Waals surface area contributed by atoms with Crippen molar-refractivity contribution in [1.82, 2.24) is 0 Å². The molecule has 1 amide bonds. The van der Waals surface area contributed by atoms with E-state index in [0.717, 1.165) is 22.8 Å². The number of hydrogen-bond acceptors (Lipinski definition) is 7. The van der Waals surface area contributed by atoms with Crippen LogP contribution in [-0.4, -0.2) is 31.1 Å². The molecule has 0 saturated carbocycles. The molecule has 9 heteroatoms. The average Bonchev–Trinajstić information content (AvgIpc) is 2.80. The number of nitro groups is 1. The molecule has 3 aromatic rings. The number of benzene rings is 3. The third kappa shape index (κ3) is 5.45. The van der Waals surface area contributed by atoms with E-state index in [4.69, 9.17) is 9.47 Å². The number of amides is 1. The fourth-order valence-corrected chi connectivity index (χ4v) is 3.02. The molecule has 32 heavy (non-hydrogen) atoms. The van der Waals surface area contributed by atoms with E-state index < -0.39 is 11.0 Å². The molecule has 1 atom stereocenters. The molecular weight excluding hydrogens is 412 g/mol. The Bertz CT molecular complexity index is 1100. The lowest BCUT2D eigenvalue weighted by molar-refractivity contribution is -0.384. The Balaban J connectivity index is 1.64. The minimum Gasteiger partial charge on any atom is -0.495 e. The van der Waals surface area contributed by atoms with Gasteiger partial charge in [0, 0.05) is 23.5 Å². The average molecular weight is 436 g/mol. The van der Waals surface area contributed by atoms with Crippen molar-refractivity contribution in [3.05, 3.63) is 76.8 Å². The zero-order valence-corrected chi connectivity index (χ0v) is 17.9. The Morgan fingerprint density at radius 1 is 0.906 bits per heavy atom. The minimum absolute atomic E-state index is 0.139. The Hall–Kier alpha value is -4.27. The van der Waals surface area contributed by atoms with Crippen molar-refractivity contribution in [2.24, 2.45) is 0 Å². The molecule has 3 aromatic carbocycles. The van der Waals surface area contributed by atoms with Gasteiger partial charge in [0.15, 0.2) is 0 Å². The van der Waals surface area contributed by atoms with Crippen molar-refractivity contribution < 1.29 is 19.2 Å². The normalized spacial score (nSPS) is 11.2. The van der Waals surface area contributed by atoms with E-state index in [1.165, 1.54) is 25.3 Å². The highest BCUT2D eigenvalue weighted by molar-refractivity contribution is 5.97. The predicted molar refractivity (Wildman–Crippen MR) is 124 cm³/mol. The molecule has 3 N–H and O–H groups in total. The quantitative estimate of drug-likeness (QED) is 0.326. The van der Waals surface area contributed by atoms with Crippen LogP contribution in [0.4, 0.5) is 28.4 Å². The van der Waals surface area contributed by atoms with Crippen LogP contribution in [-0.2, 0) is 4.79 Å². The van der Waals surface area contributed by atoms with Crippen LogP contribution in [0.5, 0.6) is 11.5 Å². The second-order valence-electron chi connectivity index (χ2n) is 6.90. The van der Waals surface area contributed by atoms with Crippen LogP contribution < -0.4 is 25.4 Å². The molecule has 0 saturated heterocycles. The van der Waals surface area contributed by atoms with Crippen LogP contribution in [0.2, 0.25) is 0 Å². The fourth-order valence-electron chi connectivity index (χ4n) is 3.02. The molecule has 0 aliphatic heterocycles. The summed E-state index contributed by atoms with van der Waals surface area (Å²) in [5.74, 6) is 0.708. The summed E-state index contributed by atoms with van der Waals surface area (Å²) >= 11 is 0. The Morgan fingerprint density at radius 2 is 1.53 bits per heavy atom. The van der Waals surface area contributed by atoms with Gasteiger partial charge in [0.05, 0.1) is 30.5 Å². The summed E-state index contributed by atoms with van der Waals surface area (Å²) in [5, 5.41) is 20.1. The molecule has 0 radical (unpaired) electrons. The second-order valence-corrected chi connectivity index (χ2v) is 6.90. The Kier molecular flexibility index (Phi) is 7.12. The van der Waals surface area contributed by atoms with Gasteiger partial charge in [0.1, 0.15) is 17.5 Å². The third-order valence-corrected chi connectivity index (χ3v) is 4.70. The predicted octanol–water partition coefficient (Wildman–Crippen LogP) is 4.79. The molecule has 0 aliphatic carbocycles. The summed E-state index contributed by atoms with van der Waals surface area (Å²) in [6.45, 7) is 1.69. The van der Waals surface area contributed by atoms with E-state index in [1.54, 1.807) is 14.0 Å². The zero-order chi connectivity index (χ0) is 23.1. The monoisotopic (exact) mass is 436 g/mol. The van der Waals surface area contributed by atoms with Gasteiger partial charge in [-0.25, -0.2) is 0 Å². The highest BCUT2D eigenvalue weighted by atomic mass is 16.6. The number of para-hydroxylation sites is 2. The molecule has 0 heterocycles. The summed E-state index contributed by atoms with van der Waals surface area (Å²) in [6, 6.07) is 18.5. The zero-order valence-electron chi connectivity index (χ0n) is 17.9. The number of rotatable bonds is 9. The van der Waals surface area contributed by atoms with Crippen molar-refractivity contribution in [2.45, 2.75) is 13.0 Å². The van der Waals surface area contributed by atoms with E-state index in [2.05, 4.69) is 16.0 Å². The summed E-state index contributed by atoms with van der Waals surface area (Å²) in [6.07, 6.45) is 0. The molecule has 0 aromatic heterocycles. The molecule has 0 unspecified atom stereocenters. The van der Waals surface area contributed by atoms with Crippen LogP contribution >= 0.6 is 0 Å². The summed E-state index contributed by atoms with van der Waals surface area (Å²) < 4.78 is 10.5. The van der Waals surface area contributed by atoms with Gasteiger partial charge in [0.2, 0.25) is 5.91 Å². The van der Waals surface area contributed by atoms with Gasteiger partial charge >= 0.3 is 0 Å². The van der Waals surface area contributed by atoms with Gasteiger partial charge in [-0.3, -0.25) is 14.9 Å². The van der Waals surface area contributed by atoms with Crippen molar-refractivity contribution in [3.63, 3.8) is 0 Å². The largest absolute Gasteiger partial charge is 0.495 e. The van der Waals surface area contributed by atoms with Gasteiger partial charge in [0.25, 0.3) is 5.69 Å². The van der Waals surface area contributed by atoms with E-state index in [9.17, 15) is 14.9 Å². The van der Waals surface area contributed by atoms with Crippen LogP contribution in [0.15, 0.2) is 66.7 Å². The molecule has 166 valence electrons. The smallest absolute Gasteiger partial charge is 0.271 e. The van der Waals surface area contributed by atoms with Crippen LogP contribution in [0, 0.1) is 10.1 Å². The third-order valence-electron chi connectivity index (χ3n) is 4.70. The van der Waals surface area contributed by atoms with Crippen molar-refractivity contribution >= 4 is 34.3 Å². The Morgan fingerprint density at radius 3 is 2.19 bits per heavy atom. The number of carbonyl (C=O) groups is 1. The molecule has 3 rings (SSSR count). The number of carbonyl (C=O) groups excluding carboxylic acids is 1. The number of ether oxygens (including phenoxy) is 2. The molecule has 0 aliphatic rings. The summed E-state index contributed by atoms with van der Waals surface area (Å²) in [4.78, 5) is 23.1. The highest BCUT2D eigenvalue weighted by Crippen LogP contribution is 2.30. The molecule has 9 nitrogen and oxygen atoms in total. The number of anilines is 4. The molecular formula is C23H24N4O5. The lowest BCUT2D eigenvalue weighted by Crippen LogP contribution is -2.32. The van der Waals surface area contributed by atoms with Gasteiger partial charge < -0.3 is 25.4 Å². The lowest BCUT2D eigenvalue weighted by atomic mass is 10.2. The lowest BCUT2D eigenvalue weighted by Gasteiger charge is -2.17. The molecule has 0 spiro atoms. The first-order valence-electron chi connectivity index (χ1n) is 9.81. The first kappa shape index (κ1) is 22.4. The molecule has 0 fully saturated rings. The Labute approximate surface area is 185 Å². The molecule has 0 bridgehead atoms. The van der Waals surface area contributed by atoms with Gasteiger partial charge in [-0.05, 0) is 49.4 Å². The maximum absolute atomic E-state index is 12.6. The van der Waals surface area contributed by atoms with Crippen molar-refractivity contribution in [2.75, 3.05) is 30.2 Å². The first-order valence-corrected chi connectivity index (χ1v) is 9.81. The van der Waals surface area contributed by atoms with E-state index in [0.29, 0.717) is 5.75 Å².